The van der Waals surface area contributed by atoms with E-state index in [1.807, 2.05) is 0 Å². The largest absolute Gasteiger partial charge is 0.496 e. The molecule has 0 radical (unpaired) electrons. The Morgan fingerprint density at radius 1 is 1.00 bits per heavy atom. The van der Waals surface area contributed by atoms with Crippen molar-refractivity contribution in [1.82, 2.24) is 4.72 Å². The highest BCUT2D eigenvalue weighted by Gasteiger charge is 2.20. The van der Waals surface area contributed by atoms with Crippen LogP contribution in [0.25, 0.3) is 0 Å². The number of sulfone groups is 1. The molecule has 0 aliphatic rings. The first-order valence-corrected chi connectivity index (χ1v) is 11.4. The van der Waals surface area contributed by atoms with Crippen LogP contribution in [0.1, 0.15) is 18.5 Å². The van der Waals surface area contributed by atoms with Gasteiger partial charge in [-0.15, -0.1) is 0 Å². The topological polar surface area (TPSA) is 89.5 Å². The van der Waals surface area contributed by atoms with E-state index in [2.05, 4.69) is 20.7 Å². The molecule has 6 nitrogen and oxygen atoms in total. The van der Waals surface area contributed by atoms with E-state index < -0.39 is 25.9 Å². The summed E-state index contributed by atoms with van der Waals surface area (Å²) < 4.78 is 56.2. The number of ether oxygens (including phenoxy) is 1. The number of rotatable bonds is 6. The molecule has 0 saturated carbocycles. The Labute approximate surface area is 156 Å². The maximum Gasteiger partial charge on any atom is 0.241 e. The smallest absolute Gasteiger partial charge is 0.241 e. The molecule has 9 heteroatoms. The molecule has 0 heterocycles. The molecule has 2 aromatic rings. The Morgan fingerprint density at radius 2 is 1.56 bits per heavy atom. The molecule has 1 N–H and O–H groups in total. The zero-order chi connectivity index (χ0) is 18.8. The van der Waals surface area contributed by atoms with Crippen LogP contribution in [0.5, 0.6) is 5.75 Å². The van der Waals surface area contributed by atoms with Crippen molar-refractivity contribution in [3.05, 3.63) is 52.5 Å². The van der Waals surface area contributed by atoms with Crippen LogP contribution in [0.4, 0.5) is 0 Å². The predicted octanol–water partition coefficient (Wildman–Crippen LogP) is 2.90. The number of halogens is 1. The summed E-state index contributed by atoms with van der Waals surface area (Å²) in [5.74, 6) is 0.531. The summed E-state index contributed by atoms with van der Waals surface area (Å²) in [7, 11) is -5.54. The van der Waals surface area contributed by atoms with Crippen molar-refractivity contribution in [3.8, 4) is 5.75 Å². The number of hydrogen-bond acceptors (Lipinski definition) is 5. The number of hydrogen-bond donors (Lipinski definition) is 1. The van der Waals surface area contributed by atoms with Crippen LogP contribution in [0.2, 0.25) is 0 Å². The summed E-state index contributed by atoms with van der Waals surface area (Å²) in [4.78, 5) is 0.283. The summed E-state index contributed by atoms with van der Waals surface area (Å²) >= 11 is 3.26. The van der Waals surface area contributed by atoms with E-state index in [0.29, 0.717) is 15.8 Å². The highest BCUT2D eigenvalue weighted by Crippen LogP contribution is 2.28. The Balaban J connectivity index is 2.24. The maximum atomic E-state index is 12.5. The third-order valence-electron chi connectivity index (χ3n) is 3.57. The van der Waals surface area contributed by atoms with Gasteiger partial charge in [0.15, 0.2) is 9.84 Å². The van der Waals surface area contributed by atoms with Crippen LogP contribution in [0.3, 0.4) is 0 Å². The van der Waals surface area contributed by atoms with Gasteiger partial charge in [0.25, 0.3) is 0 Å². The number of nitrogens with one attached hydrogen (secondary N) is 1. The predicted molar refractivity (Wildman–Crippen MR) is 99.0 cm³/mol. The van der Waals surface area contributed by atoms with Crippen molar-refractivity contribution >= 4 is 35.8 Å². The van der Waals surface area contributed by atoms with E-state index in [4.69, 9.17) is 4.74 Å². The summed E-state index contributed by atoms with van der Waals surface area (Å²) in [6.07, 6.45) is 1.12. The number of methoxy groups -OCH3 is 1. The van der Waals surface area contributed by atoms with Gasteiger partial charge in [-0.1, -0.05) is 12.1 Å². The molecule has 2 aromatic carbocycles. The van der Waals surface area contributed by atoms with Crippen molar-refractivity contribution in [2.24, 2.45) is 0 Å². The van der Waals surface area contributed by atoms with Gasteiger partial charge in [-0.05, 0) is 58.7 Å². The summed E-state index contributed by atoms with van der Waals surface area (Å²) in [5, 5.41) is 0. The molecule has 0 unspecified atom stereocenters. The Hall–Kier alpha value is -1.42. The first-order valence-electron chi connectivity index (χ1n) is 7.20. The van der Waals surface area contributed by atoms with Crippen LogP contribution in [-0.2, 0) is 19.9 Å². The van der Waals surface area contributed by atoms with E-state index in [-0.39, 0.29) is 9.79 Å². The molecule has 25 heavy (non-hydrogen) atoms. The lowest BCUT2D eigenvalue weighted by Gasteiger charge is -2.15. The van der Waals surface area contributed by atoms with E-state index in [9.17, 15) is 16.8 Å². The minimum atomic E-state index is -3.75. The molecular formula is C16H18BrNO5S2. The standard InChI is InChI=1S/C16H18BrNO5S2/c1-11(12-4-6-13(7-5-12)24(3,19)20)18-25(21,22)14-8-9-16(23-2)15(17)10-14/h4-11,18H,1-3H3/t11-/m0/s1. The van der Waals surface area contributed by atoms with Gasteiger partial charge in [0.1, 0.15) is 5.75 Å². The van der Waals surface area contributed by atoms with Crippen LogP contribution >= 0.6 is 15.9 Å². The Kier molecular flexibility index (Phi) is 5.93. The van der Waals surface area contributed by atoms with Gasteiger partial charge >= 0.3 is 0 Å². The second kappa shape index (κ2) is 7.45. The minimum Gasteiger partial charge on any atom is -0.496 e. The highest BCUT2D eigenvalue weighted by atomic mass is 79.9. The molecule has 1 atom stereocenters. The fourth-order valence-electron chi connectivity index (χ4n) is 2.19. The average Bonchev–Trinajstić information content (AvgIpc) is 2.53. The van der Waals surface area contributed by atoms with Crippen LogP contribution in [0, 0.1) is 0 Å². The van der Waals surface area contributed by atoms with E-state index in [0.717, 1.165) is 6.26 Å². The van der Waals surface area contributed by atoms with Crippen molar-refractivity contribution in [2.75, 3.05) is 13.4 Å². The van der Waals surface area contributed by atoms with E-state index in [1.165, 1.54) is 31.4 Å². The fourth-order valence-corrected chi connectivity index (χ4v) is 4.77. The molecule has 0 spiro atoms. The van der Waals surface area contributed by atoms with E-state index >= 15 is 0 Å². The third-order valence-corrected chi connectivity index (χ3v) is 6.86. The molecule has 136 valence electrons. The summed E-state index contributed by atoms with van der Waals surface area (Å²) in [5.41, 5.74) is 0.656. The molecule has 0 bridgehead atoms. The molecule has 0 fully saturated rings. The lowest BCUT2D eigenvalue weighted by atomic mass is 10.1. The fraction of sp³-hybridized carbons (Fsp3) is 0.250. The van der Waals surface area contributed by atoms with Gasteiger partial charge in [0, 0.05) is 12.3 Å². The van der Waals surface area contributed by atoms with E-state index in [1.54, 1.807) is 25.1 Å². The number of sulfonamides is 1. The second-order valence-electron chi connectivity index (χ2n) is 5.48. The van der Waals surface area contributed by atoms with Gasteiger partial charge in [0.2, 0.25) is 10.0 Å². The van der Waals surface area contributed by atoms with Gasteiger partial charge in [-0.2, -0.15) is 0 Å². The molecule has 0 aliphatic heterocycles. The summed E-state index contributed by atoms with van der Waals surface area (Å²) in [6.45, 7) is 1.69. The van der Waals surface area contributed by atoms with Gasteiger partial charge < -0.3 is 4.74 Å². The van der Waals surface area contributed by atoms with Gasteiger partial charge in [-0.3, -0.25) is 0 Å². The average molecular weight is 448 g/mol. The van der Waals surface area contributed by atoms with Gasteiger partial charge in [-0.25, -0.2) is 21.6 Å². The lowest BCUT2D eigenvalue weighted by Crippen LogP contribution is -2.27. The normalized spacial score (nSPS) is 13.4. The van der Waals surface area contributed by atoms with Crippen molar-refractivity contribution in [2.45, 2.75) is 22.8 Å². The zero-order valence-electron chi connectivity index (χ0n) is 13.9. The molecule has 0 amide bonds. The van der Waals surface area contributed by atoms with Crippen LogP contribution < -0.4 is 9.46 Å². The molecule has 0 saturated heterocycles. The van der Waals surface area contributed by atoms with Crippen molar-refractivity contribution in [1.29, 1.82) is 0 Å². The summed E-state index contributed by atoms with van der Waals surface area (Å²) in [6, 6.07) is 10.0. The number of benzene rings is 2. The van der Waals surface area contributed by atoms with Crippen LogP contribution in [0.15, 0.2) is 56.7 Å². The zero-order valence-corrected chi connectivity index (χ0v) is 17.1. The minimum absolute atomic E-state index is 0.0970. The molecular weight excluding hydrogens is 430 g/mol. The highest BCUT2D eigenvalue weighted by molar-refractivity contribution is 9.10. The first-order chi connectivity index (χ1) is 11.5. The van der Waals surface area contributed by atoms with Crippen LogP contribution in [-0.4, -0.2) is 30.2 Å². The van der Waals surface area contributed by atoms with Gasteiger partial charge in [0.05, 0.1) is 21.4 Å². The monoisotopic (exact) mass is 447 g/mol. The Morgan fingerprint density at radius 3 is 2.04 bits per heavy atom. The SMILES string of the molecule is COc1ccc(S(=O)(=O)N[C@@H](C)c2ccc(S(C)(=O)=O)cc2)cc1Br. The molecule has 2 rings (SSSR count). The second-order valence-corrected chi connectivity index (χ2v) is 10.1. The first kappa shape index (κ1) is 19.9. The molecule has 0 aromatic heterocycles. The van der Waals surface area contributed by atoms with Crippen molar-refractivity contribution in [3.63, 3.8) is 0 Å². The third kappa shape index (κ3) is 4.81. The lowest BCUT2D eigenvalue weighted by molar-refractivity contribution is 0.411. The quantitative estimate of drug-likeness (QED) is 0.734. The molecule has 0 aliphatic carbocycles. The maximum absolute atomic E-state index is 12.5. The Bertz CT molecular complexity index is 970. The van der Waals surface area contributed by atoms with Crippen molar-refractivity contribution < 1.29 is 21.6 Å².